The molecule has 0 bridgehead atoms. The Kier molecular flexibility index (Phi) is 5.12. The molecule has 1 fully saturated rings. The first kappa shape index (κ1) is 21.4. The maximum absolute atomic E-state index is 14.5. The summed E-state index contributed by atoms with van der Waals surface area (Å²) in [5.41, 5.74) is 1.77. The van der Waals surface area contributed by atoms with E-state index < -0.39 is 59.3 Å². The van der Waals surface area contributed by atoms with Crippen molar-refractivity contribution in [2.75, 3.05) is 5.73 Å². The molecular weight excluding hydrogens is 424 g/mol. The second kappa shape index (κ2) is 7.41. The number of anilines is 1. The maximum atomic E-state index is 14.5. The summed E-state index contributed by atoms with van der Waals surface area (Å²) < 4.78 is 61.4. The summed E-state index contributed by atoms with van der Waals surface area (Å²) >= 11 is 0. The number of benzene rings is 1. The van der Waals surface area contributed by atoms with Gasteiger partial charge in [-0.3, -0.25) is 0 Å². The first-order valence-corrected chi connectivity index (χ1v) is 9.12. The van der Waals surface area contributed by atoms with Crippen molar-refractivity contribution in [2.45, 2.75) is 43.5 Å². The summed E-state index contributed by atoms with van der Waals surface area (Å²) in [7, 11) is 0. The molecule has 1 aliphatic rings. The molecule has 0 radical (unpaired) electrons. The molecule has 1 aliphatic heterocycles. The molecule has 0 saturated carbocycles. The number of halogens is 4. The number of aliphatic hydroxyl groups is 3. The first-order chi connectivity index (χ1) is 14.5. The van der Waals surface area contributed by atoms with Crippen LogP contribution in [0.15, 0.2) is 30.7 Å². The third kappa shape index (κ3) is 3.31. The van der Waals surface area contributed by atoms with Gasteiger partial charge in [-0.05, 0) is 25.1 Å². The van der Waals surface area contributed by atoms with Crippen LogP contribution in [0.2, 0.25) is 0 Å². The van der Waals surface area contributed by atoms with Crippen LogP contribution in [0.4, 0.5) is 23.4 Å². The van der Waals surface area contributed by atoms with E-state index in [1.165, 1.54) is 17.1 Å². The molecule has 31 heavy (non-hydrogen) atoms. The van der Waals surface area contributed by atoms with Crippen molar-refractivity contribution in [3.05, 3.63) is 53.5 Å². The van der Waals surface area contributed by atoms with E-state index in [2.05, 4.69) is 9.97 Å². The predicted octanol–water partition coefficient (Wildman–Crippen LogP) is 1.97. The number of aliphatic hydroxyl groups excluding tert-OH is 2. The summed E-state index contributed by atoms with van der Waals surface area (Å²) in [6.07, 6.45) is -7.46. The van der Waals surface area contributed by atoms with E-state index >= 15 is 0 Å². The van der Waals surface area contributed by atoms with E-state index in [1.54, 1.807) is 6.07 Å². The van der Waals surface area contributed by atoms with Crippen LogP contribution in [0, 0.1) is 11.6 Å². The molecule has 2 aromatic heterocycles. The van der Waals surface area contributed by atoms with E-state index in [0.29, 0.717) is 17.5 Å². The lowest BCUT2D eigenvalue weighted by molar-refractivity contribution is -0.115. The van der Waals surface area contributed by atoms with E-state index in [1.807, 2.05) is 0 Å². The number of ether oxygens (including phenoxy) is 1. The summed E-state index contributed by atoms with van der Waals surface area (Å²) in [6, 6.07) is 2.39. The Bertz CT molecular complexity index is 1140. The monoisotopic (exact) mass is 442 g/mol. The maximum Gasteiger partial charge on any atom is 0.266 e. The van der Waals surface area contributed by atoms with Crippen molar-refractivity contribution in [1.29, 1.82) is 0 Å². The summed E-state index contributed by atoms with van der Waals surface area (Å²) in [6.45, 7) is 1.12. The number of aromatic nitrogens is 3. The third-order valence-corrected chi connectivity index (χ3v) is 5.48. The SMILES string of the molecule is C[C@@]1(O)[C@@H]([C@@H](O)c2cc(F)cc(C(F)F)c2F)O[C@@H](n2ccc3c(N)ncnc32)[C@@H]1O. The zero-order valence-corrected chi connectivity index (χ0v) is 16.0. The average Bonchev–Trinajstić information content (AvgIpc) is 3.23. The highest BCUT2D eigenvalue weighted by Crippen LogP contribution is 2.44. The van der Waals surface area contributed by atoms with Gasteiger partial charge in [0.15, 0.2) is 6.23 Å². The molecule has 0 spiro atoms. The van der Waals surface area contributed by atoms with E-state index in [4.69, 9.17) is 10.5 Å². The summed E-state index contributed by atoms with van der Waals surface area (Å²) in [5, 5.41) is 32.6. The molecule has 0 amide bonds. The van der Waals surface area contributed by atoms with Crippen molar-refractivity contribution in [3.63, 3.8) is 0 Å². The lowest BCUT2D eigenvalue weighted by Crippen LogP contribution is -2.47. The highest BCUT2D eigenvalue weighted by molar-refractivity contribution is 5.86. The van der Waals surface area contributed by atoms with Gasteiger partial charge in [0.25, 0.3) is 6.43 Å². The molecule has 8 nitrogen and oxygen atoms in total. The molecule has 3 heterocycles. The van der Waals surface area contributed by atoms with Gasteiger partial charge in [0, 0.05) is 11.8 Å². The number of nitrogens with two attached hydrogens (primary N) is 1. The number of nitrogen functional groups attached to an aromatic ring is 1. The molecule has 5 N–H and O–H groups in total. The second-order valence-electron chi connectivity index (χ2n) is 7.48. The number of alkyl halides is 2. The van der Waals surface area contributed by atoms with Gasteiger partial charge >= 0.3 is 0 Å². The third-order valence-electron chi connectivity index (χ3n) is 5.48. The van der Waals surface area contributed by atoms with Crippen LogP contribution in [0.1, 0.15) is 36.8 Å². The quantitative estimate of drug-likeness (QED) is 0.455. The number of hydrogen-bond donors (Lipinski definition) is 4. The fraction of sp³-hybridized carbons (Fsp3) is 0.368. The zero-order valence-electron chi connectivity index (χ0n) is 16.0. The van der Waals surface area contributed by atoms with Crippen molar-refractivity contribution < 1.29 is 37.6 Å². The van der Waals surface area contributed by atoms with Crippen LogP contribution in [0.25, 0.3) is 11.0 Å². The predicted molar refractivity (Wildman–Crippen MR) is 98.8 cm³/mol. The van der Waals surface area contributed by atoms with Gasteiger partial charge in [-0.15, -0.1) is 0 Å². The minimum absolute atomic E-state index is 0.154. The second-order valence-corrected chi connectivity index (χ2v) is 7.48. The molecule has 4 rings (SSSR count). The number of rotatable bonds is 4. The van der Waals surface area contributed by atoms with Crippen molar-refractivity contribution in [1.82, 2.24) is 14.5 Å². The Hall–Kier alpha value is -2.80. The highest BCUT2D eigenvalue weighted by atomic mass is 19.3. The van der Waals surface area contributed by atoms with E-state index in [0.717, 1.165) is 6.92 Å². The normalized spacial score (nSPS) is 27.3. The Labute approximate surface area is 172 Å². The van der Waals surface area contributed by atoms with Crippen molar-refractivity contribution in [3.8, 4) is 0 Å². The van der Waals surface area contributed by atoms with Gasteiger partial charge in [0.2, 0.25) is 0 Å². The minimum Gasteiger partial charge on any atom is -0.385 e. The van der Waals surface area contributed by atoms with Gasteiger partial charge in [-0.2, -0.15) is 0 Å². The molecule has 166 valence electrons. The van der Waals surface area contributed by atoms with Gasteiger partial charge in [-0.25, -0.2) is 27.5 Å². The van der Waals surface area contributed by atoms with Crippen LogP contribution < -0.4 is 5.73 Å². The molecule has 0 aliphatic carbocycles. The molecule has 1 aromatic carbocycles. The van der Waals surface area contributed by atoms with Crippen LogP contribution >= 0.6 is 0 Å². The Morgan fingerprint density at radius 1 is 1.23 bits per heavy atom. The minimum atomic E-state index is -3.33. The number of nitrogens with zero attached hydrogens (tertiary/aromatic N) is 3. The van der Waals surface area contributed by atoms with Crippen LogP contribution in [-0.2, 0) is 4.74 Å². The molecule has 3 aromatic rings. The lowest BCUT2D eigenvalue weighted by Gasteiger charge is -2.30. The van der Waals surface area contributed by atoms with Gasteiger partial charge < -0.3 is 30.4 Å². The Balaban J connectivity index is 1.74. The van der Waals surface area contributed by atoms with Crippen LogP contribution in [0.5, 0.6) is 0 Å². The van der Waals surface area contributed by atoms with Crippen LogP contribution in [0.3, 0.4) is 0 Å². The fourth-order valence-corrected chi connectivity index (χ4v) is 3.80. The zero-order chi connectivity index (χ0) is 22.7. The summed E-state index contributed by atoms with van der Waals surface area (Å²) in [5.74, 6) is -2.59. The Morgan fingerprint density at radius 2 is 1.90 bits per heavy atom. The molecule has 5 atom stereocenters. The number of hydrogen-bond acceptors (Lipinski definition) is 7. The van der Waals surface area contributed by atoms with Crippen molar-refractivity contribution in [2.24, 2.45) is 0 Å². The largest absolute Gasteiger partial charge is 0.385 e. The first-order valence-electron chi connectivity index (χ1n) is 9.12. The molecule has 1 saturated heterocycles. The topological polar surface area (TPSA) is 127 Å². The fourth-order valence-electron chi connectivity index (χ4n) is 3.80. The standard InChI is InChI=1S/C19H18F4N4O4/c1-19(30)13(29)18(27-3-2-8-16(24)25-6-26-17(8)27)31-14(19)12(28)9-4-7(20)5-10(11(9)21)15(22)23/h2-6,12-15,18,28-30H,1H3,(H2,24,25,26)/t12-,13-,14+,18+,19-/m0/s1. The van der Waals surface area contributed by atoms with Gasteiger partial charge in [0.05, 0.1) is 10.9 Å². The average molecular weight is 442 g/mol. The molecule has 12 heteroatoms. The van der Waals surface area contributed by atoms with Crippen molar-refractivity contribution >= 4 is 16.9 Å². The lowest BCUT2D eigenvalue weighted by atomic mass is 9.87. The Morgan fingerprint density at radius 3 is 2.58 bits per heavy atom. The molecular formula is C19H18F4N4O4. The summed E-state index contributed by atoms with van der Waals surface area (Å²) in [4.78, 5) is 7.90. The van der Waals surface area contributed by atoms with Gasteiger partial charge in [0.1, 0.15) is 53.3 Å². The smallest absolute Gasteiger partial charge is 0.266 e. The van der Waals surface area contributed by atoms with E-state index in [-0.39, 0.29) is 11.5 Å². The molecule has 0 unspecified atom stereocenters. The highest BCUT2D eigenvalue weighted by Gasteiger charge is 2.56. The van der Waals surface area contributed by atoms with Crippen LogP contribution in [-0.4, -0.2) is 47.7 Å². The van der Waals surface area contributed by atoms with E-state index in [9.17, 15) is 32.9 Å². The van der Waals surface area contributed by atoms with Gasteiger partial charge in [-0.1, -0.05) is 0 Å². The number of fused-ring (bicyclic) bond motifs is 1.